The molecule has 0 spiro atoms. The largest absolute Gasteiger partial charge is 0.472 e. The van der Waals surface area contributed by atoms with Crippen LogP contribution in [0.4, 0.5) is 0 Å². The Morgan fingerprint density at radius 2 is 2.06 bits per heavy atom. The molecule has 2 aromatic heterocycles. The van der Waals surface area contributed by atoms with Crippen molar-refractivity contribution in [2.24, 2.45) is 0 Å². The molecular weight excluding hydrogens is 432 g/mol. The fraction of sp³-hybridized carbons (Fsp3) is 0.455. The maximum absolute atomic E-state index is 12.8. The van der Waals surface area contributed by atoms with Crippen LogP contribution in [-0.4, -0.2) is 64.9 Å². The second kappa shape index (κ2) is 8.97. The van der Waals surface area contributed by atoms with Crippen molar-refractivity contribution in [3.8, 4) is 5.88 Å². The van der Waals surface area contributed by atoms with E-state index in [1.807, 2.05) is 23.7 Å². The monoisotopic (exact) mass is 456 g/mol. The zero-order valence-corrected chi connectivity index (χ0v) is 18.4. The van der Waals surface area contributed by atoms with Crippen molar-refractivity contribution in [3.63, 3.8) is 0 Å². The standard InChI is InChI=1S/C22H24N4O5S/c27-19-3-2-17(21(28)24-19)26-11-15-16(22(26)29)13-32-18(15)12-31-20-4-1-14(9-23-20)10-25-5-7-30-8-6-25/h1,4,9,13,17H,2-3,5-8,10-12H2,(H,24,27,28)/t17-/m0/s1. The van der Waals surface area contributed by atoms with E-state index in [2.05, 4.69) is 15.2 Å². The van der Waals surface area contributed by atoms with E-state index in [0.717, 1.165) is 48.9 Å². The minimum atomic E-state index is -0.605. The number of morpholine rings is 1. The molecule has 1 atom stereocenters. The van der Waals surface area contributed by atoms with Crippen molar-refractivity contribution in [2.45, 2.75) is 38.6 Å². The molecule has 2 fully saturated rings. The van der Waals surface area contributed by atoms with Gasteiger partial charge in [0.1, 0.15) is 12.6 Å². The Balaban J connectivity index is 1.19. The summed E-state index contributed by atoms with van der Waals surface area (Å²) >= 11 is 1.48. The summed E-state index contributed by atoms with van der Waals surface area (Å²) in [4.78, 5) is 45.7. The van der Waals surface area contributed by atoms with Crippen molar-refractivity contribution >= 4 is 29.1 Å². The van der Waals surface area contributed by atoms with E-state index in [1.54, 1.807) is 4.90 Å². The van der Waals surface area contributed by atoms with Gasteiger partial charge in [0, 0.05) is 60.7 Å². The van der Waals surface area contributed by atoms with Gasteiger partial charge in [-0.25, -0.2) is 4.98 Å². The predicted octanol–water partition coefficient (Wildman–Crippen LogP) is 1.32. The summed E-state index contributed by atoms with van der Waals surface area (Å²) in [5.74, 6) is -0.320. The van der Waals surface area contributed by atoms with Crippen LogP contribution in [0.25, 0.3) is 0 Å². The molecule has 0 aliphatic carbocycles. The number of pyridine rings is 1. The van der Waals surface area contributed by atoms with Gasteiger partial charge in [0.15, 0.2) is 0 Å². The van der Waals surface area contributed by atoms with E-state index in [9.17, 15) is 14.4 Å². The number of rotatable bonds is 6. The maximum Gasteiger partial charge on any atom is 0.256 e. The smallest absolute Gasteiger partial charge is 0.256 e. The number of nitrogens with zero attached hydrogens (tertiary/aromatic N) is 3. The first-order valence-electron chi connectivity index (χ1n) is 10.7. The SMILES string of the molecule is O=C1CC[C@H](N2Cc3c(csc3COc3ccc(CN4CCOCC4)cn3)C2=O)C(=O)N1. The van der Waals surface area contributed by atoms with Crippen LogP contribution in [0.1, 0.15) is 39.2 Å². The van der Waals surface area contributed by atoms with E-state index < -0.39 is 11.9 Å². The lowest BCUT2D eigenvalue weighted by molar-refractivity contribution is -0.136. The van der Waals surface area contributed by atoms with Crippen molar-refractivity contribution in [1.29, 1.82) is 0 Å². The highest BCUT2D eigenvalue weighted by Crippen LogP contribution is 2.34. The molecule has 1 N–H and O–H groups in total. The maximum atomic E-state index is 12.8. The second-order valence-electron chi connectivity index (χ2n) is 8.13. The van der Waals surface area contributed by atoms with E-state index in [-0.39, 0.29) is 18.2 Å². The number of fused-ring (bicyclic) bond motifs is 1. The Labute approximate surface area is 189 Å². The van der Waals surface area contributed by atoms with Crippen molar-refractivity contribution < 1.29 is 23.9 Å². The Morgan fingerprint density at radius 1 is 1.22 bits per heavy atom. The third-order valence-electron chi connectivity index (χ3n) is 6.05. The summed E-state index contributed by atoms with van der Waals surface area (Å²) in [5.41, 5.74) is 2.64. The molecule has 168 valence electrons. The minimum Gasteiger partial charge on any atom is -0.472 e. The lowest BCUT2D eigenvalue weighted by atomic mass is 10.0. The fourth-order valence-electron chi connectivity index (χ4n) is 4.27. The number of piperidine rings is 1. The van der Waals surface area contributed by atoms with Crippen LogP contribution < -0.4 is 10.1 Å². The molecule has 32 heavy (non-hydrogen) atoms. The van der Waals surface area contributed by atoms with E-state index in [1.165, 1.54) is 11.3 Å². The molecule has 9 nitrogen and oxygen atoms in total. The number of aromatic nitrogens is 1. The number of imide groups is 1. The Hall–Kier alpha value is -2.82. The summed E-state index contributed by atoms with van der Waals surface area (Å²) < 4.78 is 11.3. The van der Waals surface area contributed by atoms with Gasteiger partial charge in [0.25, 0.3) is 5.91 Å². The van der Waals surface area contributed by atoms with Crippen LogP contribution in [0.5, 0.6) is 5.88 Å². The van der Waals surface area contributed by atoms with Gasteiger partial charge >= 0.3 is 0 Å². The molecule has 3 aliphatic rings. The number of ether oxygens (including phenoxy) is 2. The Bertz CT molecular complexity index is 1030. The molecule has 0 radical (unpaired) electrons. The van der Waals surface area contributed by atoms with Crippen molar-refractivity contribution in [3.05, 3.63) is 45.3 Å². The van der Waals surface area contributed by atoms with Crippen LogP contribution in [0, 0.1) is 0 Å². The molecule has 2 aromatic rings. The number of hydrogen-bond donors (Lipinski definition) is 1. The first-order valence-corrected chi connectivity index (χ1v) is 11.6. The van der Waals surface area contributed by atoms with Gasteiger partial charge in [-0.05, 0) is 12.0 Å². The van der Waals surface area contributed by atoms with Gasteiger partial charge in [0.05, 0.1) is 18.8 Å². The normalized spacial score (nSPS) is 21.6. The number of amides is 3. The Kier molecular flexibility index (Phi) is 5.90. The lowest BCUT2D eigenvalue weighted by Crippen LogP contribution is -2.52. The predicted molar refractivity (Wildman–Crippen MR) is 115 cm³/mol. The molecule has 3 amide bonds. The highest BCUT2D eigenvalue weighted by Gasteiger charge is 2.40. The fourth-order valence-corrected chi connectivity index (χ4v) is 5.22. The summed E-state index contributed by atoms with van der Waals surface area (Å²) in [6.07, 6.45) is 2.44. The van der Waals surface area contributed by atoms with Gasteiger partial charge in [-0.2, -0.15) is 0 Å². The molecule has 10 heteroatoms. The zero-order valence-electron chi connectivity index (χ0n) is 17.5. The molecule has 0 unspecified atom stereocenters. The molecule has 0 aromatic carbocycles. The summed E-state index contributed by atoms with van der Waals surface area (Å²) in [6.45, 7) is 4.90. The van der Waals surface area contributed by atoms with Gasteiger partial charge in [-0.1, -0.05) is 6.07 Å². The van der Waals surface area contributed by atoms with Crippen LogP contribution in [0.2, 0.25) is 0 Å². The molecule has 0 saturated carbocycles. The summed E-state index contributed by atoms with van der Waals surface area (Å²) in [5, 5.41) is 4.15. The molecular formula is C22H24N4O5S. The molecule has 5 rings (SSSR count). The molecule has 0 bridgehead atoms. The third kappa shape index (κ3) is 4.25. The number of carbonyl (C=O) groups excluding carboxylic acids is 3. The second-order valence-corrected chi connectivity index (χ2v) is 9.10. The third-order valence-corrected chi connectivity index (χ3v) is 7.05. The van der Waals surface area contributed by atoms with Gasteiger partial charge in [-0.15, -0.1) is 11.3 Å². The van der Waals surface area contributed by atoms with Crippen LogP contribution in [0.3, 0.4) is 0 Å². The zero-order chi connectivity index (χ0) is 22.1. The quantitative estimate of drug-likeness (QED) is 0.654. The highest BCUT2D eigenvalue weighted by molar-refractivity contribution is 7.10. The van der Waals surface area contributed by atoms with E-state index in [0.29, 0.717) is 31.0 Å². The number of hydrogen-bond acceptors (Lipinski definition) is 8. The van der Waals surface area contributed by atoms with Gasteiger partial charge < -0.3 is 14.4 Å². The summed E-state index contributed by atoms with van der Waals surface area (Å²) in [6, 6.07) is 3.28. The van der Waals surface area contributed by atoms with Crippen LogP contribution in [0.15, 0.2) is 23.7 Å². The highest BCUT2D eigenvalue weighted by atomic mass is 32.1. The van der Waals surface area contributed by atoms with Gasteiger partial charge in [0.2, 0.25) is 17.7 Å². The number of carbonyl (C=O) groups is 3. The average molecular weight is 457 g/mol. The average Bonchev–Trinajstić information content (AvgIpc) is 3.34. The van der Waals surface area contributed by atoms with Gasteiger partial charge in [-0.3, -0.25) is 24.6 Å². The Morgan fingerprint density at radius 3 is 2.81 bits per heavy atom. The minimum absolute atomic E-state index is 0.164. The number of thiophene rings is 1. The first-order chi connectivity index (χ1) is 15.6. The van der Waals surface area contributed by atoms with E-state index >= 15 is 0 Å². The topological polar surface area (TPSA) is 101 Å². The molecule has 3 aliphatic heterocycles. The number of nitrogens with one attached hydrogen (secondary N) is 1. The van der Waals surface area contributed by atoms with Crippen LogP contribution >= 0.6 is 11.3 Å². The molecule has 5 heterocycles. The van der Waals surface area contributed by atoms with Crippen molar-refractivity contribution in [1.82, 2.24) is 20.1 Å². The first kappa shape index (κ1) is 21.0. The molecule has 2 saturated heterocycles. The van der Waals surface area contributed by atoms with Crippen molar-refractivity contribution in [2.75, 3.05) is 26.3 Å². The summed E-state index contributed by atoms with van der Waals surface area (Å²) in [7, 11) is 0. The van der Waals surface area contributed by atoms with E-state index in [4.69, 9.17) is 9.47 Å². The lowest BCUT2D eigenvalue weighted by Gasteiger charge is -2.29. The van der Waals surface area contributed by atoms with Crippen LogP contribution in [-0.2, 0) is 34.0 Å².